The average Bonchev–Trinajstić information content (AvgIpc) is 2.91. The van der Waals surface area contributed by atoms with E-state index in [-0.39, 0.29) is 6.10 Å². The third-order valence-electron chi connectivity index (χ3n) is 4.97. The van der Waals surface area contributed by atoms with Crippen LogP contribution in [-0.2, 0) is 17.7 Å². The third-order valence-corrected chi connectivity index (χ3v) is 4.97. The SMILES string of the molecule is CC(C)C[C@H]1OCCc2c1c1ccccc1n2Cc1ccccc1. The minimum Gasteiger partial charge on any atom is -0.373 e. The molecule has 0 saturated heterocycles. The van der Waals surface area contributed by atoms with Crippen molar-refractivity contribution in [2.45, 2.75) is 39.3 Å². The van der Waals surface area contributed by atoms with Crippen molar-refractivity contribution in [2.75, 3.05) is 6.61 Å². The number of fused-ring (bicyclic) bond motifs is 3. The van der Waals surface area contributed by atoms with E-state index in [0.29, 0.717) is 5.92 Å². The molecule has 2 aromatic carbocycles. The summed E-state index contributed by atoms with van der Waals surface area (Å²) in [5, 5.41) is 1.37. The highest BCUT2D eigenvalue weighted by Gasteiger charge is 2.28. The van der Waals surface area contributed by atoms with E-state index in [1.54, 1.807) is 0 Å². The van der Waals surface area contributed by atoms with Gasteiger partial charge < -0.3 is 9.30 Å². The zero-order valence-corrected chi connectivity index (χ0v) is 14.5. The molecule has 0 N–H and O–H groups in total. The summed E-state index contributed by atoms with van der Waals surface area (Å²) < 4.78 is 8.68. The molecule has 124 valence electrons. The van der Waals surface area contributed by atoms with E-state index in [1.165, 1.54) is 27.7 Å². The fourth-order valence-electron chi connectivity index (χ4n) is 3.95. The Morgan fingerprint density at radius 2 is 1.79 bits per heavy atom. The van der Waals surface area contributed by atoms with Gasteiger partial charge in [0, 0.05) is 35.1 Å². The molecular weight excluding hydrogens is 294 g/mol. The molecule has 0 bridgehead atoms. The lowest BCUT2D eigenvalue weighted by Crippen LogP contribution is -2.19. The van der Waals surface area contributed by atoms with Gasteiger partial charge in [0.2, 0.25) is 0 Å². The Morgan fingerprint density at radius 1 is 1.04 bits per heavy atom. The van der Waals surface area contributed by atoms with Crippen molar-refractivity contribution in [3.8, 4) is 0 Å². The molecule has 0 amide bonds. The van der Waals surface area contributed by atoms with Crippen molar-refractivity contribution in [3.05, 3.63) is 71.4 Å². The number of benzene rings is 2. The Morgan fingerprint density at radius 3 is 2.58 bits per heavy atom. The molecule has 1 aromatic heterocycles. The molecule has 24 heavy (non-hydrogen) atoms. The number of nitrogens with zero attached hydrogens (tertiary/aromatic N) is 1. The van der Waals surface area contributed by atoms with Crippen LogP contribution in [0.25, 0.3) is 10.9 Å². The second-order valence-corrected chi connectivity index (χ2v) is 7.19. The summed E-state index contributed by atoms with van der Waals surface area (Å²) in [5.41, 5.74) is 5.59. The predicted molar refractivity (Wildman–Crippen MR) is 99.3 cm³/mol. The number of rotatable bonds is 4. The Labute approximate surface area is 144 Å². The van der Waals surface area contributed by atoms with Gasteiger partial charge in [-0.05, 0) is 24.0 Å². The van der Waals surface area contributed by atoms with E-state index in [9.17, 15) is 0 Å². The summed E-state index contributed by atoms with van der Waals surface area (Å²) in [6.45, 7) is 6.32. The lowest BCUT2D eigenvalue weighted by Gasteiger charge is -2.26. The summed E-state index contributed by atoms with van der Waals surface area (Å²) in [7, 11) is 0. The van der Waals surface area contributed by atoms with Crippen LogP contribution in [0.4, 0.5) is 0 Å². The number of ether oxygens (including phenoxy) is 1. The second kappa shape index (κ2) is 6.45. The molecule has 2 heterocycles. The van der Waals surface area contributed by atoms with Crippen LogP contribution in [0, 0.1) is 5.92 Å². The first-order valence-electron chi connectivity index (χ1n) is 8.99. The zero-order chi connectivity index (χ0) is 16.5. The molecule has 0 saturated carbocycles. The van der Waals surface area contributed by atoms with Crippen LogP contribution >= 0.6 is 0 Å². The Balaban J connectivity index is 1.85. The van der Waals surface area contributed by atoms with Crippen LogP contribution in [0.15, 0.2) is 54.6 Å². The standard InChI is InChI=1S/C22H25NO/c1-16(2)14-21-22-18-10-6-7-11-19(18)23(20(22)12-13-24-21)15-17-8-4-3-5-9-17/h3-11,16,21H,12-15H2,1-2H3/t21-/m1/s1. The minimum atomic E-state index is 0.232. The molecule has 0 aliphatic carbocycles. The van der Waals surface area contributed by atoms with Gasteiger partial charge in [-0.15, -0.1) is 0 Å². The molecule has 1 aliphatic heterocycles. The molecular formula is C22H25NO. The number of aromatic nitrogens is 1. The predicted octanol–water partition coefficient (Wildman–Crippen LogP) is 5.35. The van der Waals surface area contributed by atoms with Crippen molar-refractivity contribution in [1.82, 2.24) is 4.57 Å². The van der Waals surface area contributed by atoms with Gasteiger partial charge in [-0.1, -0.05) is 62.4 Å². The third kappa shape index (κ3) is 2.76. The van der Waals surface area contributed by atoms with Gasteiger partial charge >= 0.3 is 0 Å². The molecule has 1 aliphatic rings. The largest absolute Gasteiger partial charge is 0.373 e. The van der Waals surface area contributed by atoms with Crippen LogP contribution in [0.2, 0.25) is 0 Å². The quantitative estimate of drug-likeness (QED) is 0.632. The minimum absolute atomic E-state index is 0.232. The second-order valence-electron chi connectivity index (χ2n) is 7.19. The summed E-state index contributed by atoms with van der Waals surface area (Å²) in [6, 6.07) is 19.6. The summed E-state index contributed by atoms with van der Waals surface area (Å²) in [4.78, 5) is 0. The number of hydrogen-bond donors (Lipinski definition) is 0. The Hall–Kier alpha value is -2.06. The molecule has 2 nitrogen and oxygen atoms in total. The van der Waals surface area contributed by atoms with Gasteiger partial charge in [0.1, 0.15) is 0 Å². The highest BCUT2D eigenvalue weighted by molar-refractivity contribution is 5.86. The number of para-hydroxylation sites is 1. The molecule has 1 atom stereocenters. The maximum Gasteiger partial charge on any atom is 0.0851 e. The fourth-order valence-corrected chi connectivity index (χ4v) is 3.95. The van der Waals surface area contributed by atoms with Crippen LogP contribution in [0.3, 0.4) is 0 Å². The van der Waals surface area contributed by atoms with E-state index in [4.69, 9.17) is 4.74 Å². The molecule has 3 aromatic rings. The van der Waals surface area contributed by atoms with Gasteiger partial charge in [0.05, 0.1) is 12.7 Å². The van der Waals surface area contributed by atoms with Crippen molar-refractivity contribution >= 4 is 10.9 Å². The Kier molecular flexibility index (Phi) is 4.15. The molecule has 0 unspecified atom stereocenters. The summed E-state index contributed by atoms with van der Waals surface area (Å²) >= 11 is 0. The molecule has 4 rings (SSSR count). The van der Waals surface area contributed by atoms with Gasteiger partial charge in [0.15, 0.2) is 0 Å². The van der Waals surface area contributed by atoms with Crippen molar-refractivity contribution in [1.29, 1.82) is 0 Å². The maximum atomic E-state index is 6.17. The first kappa shape index (κ1) is 15.5. The average molecular weight is 319 g/mol. The van der Waals surface area contributed by atoms with E-state index < -0.39 is 0 Å². The van der Waals surface area contributed by atoms with Crippen LogP contribution in [0.1, 0.15) is 43.2 Å². The van der Waals surface area contributed by atoms with Gasteiger partial charge in [-0.2, -0.15) is 0 Å². The van der Waals surface area contributed by atoms with Gasteiger partial charge in [-0.3, -0.25) is 0 Å². The molecule has 0 fully saturated rings. The molecule has 0 radical (unpaired) electrons. The normalized spacial score (nSPS) is 17.4. The van der Waals surface area contributed by atoms with Crippen molar-refractivity contribution in [2.24, 2.45) is 5.92 Å². The fraction of sp³-hybridized carbons (Fsp3) is 0.364. The summed E-state index contributed by atoms with van der Waals surface area (Å²) in [5.74, 6) is 0.636. The van der Waals surface area contributed by atoms with Crippen molar-refractivity contribution < 1.29 is 4.74 Å². The summed E-state index contributed by atoms with van der Waals surface area (Å²) in [6.07, 6.45) is 2.33. The molecule has 2 heteroatoms. The lowest BCUT2D eigenvalue weighted by molar-refractivity contribution is 0.0282. The van der Waals surface area contributed by atoms with Crippen LogP contribution < -0.4 is 0 Å². The zero-order valence-electron chi connectivity index (χ0n) is 14.5. The number of hydrogen-bond acceptors (Lipinski definition) is 1. The highest BCUT2D eigenvalue weighted by atomic mass is 16.5. The van der Waals surface area contributed by atoms with E-state index in [2.05, 4.69) is 73.0 Å². The highest BCUT2D eigenvalue weighted by Crippen LogP contribution is 2.39. The van der Waals surface area contributed by atoms with E-state index in [1.807, 2.05) is 0 Å². The monoisotopic (exact) mass is 319 g/mol. The molecule has 0 spiro atoms. The van der Waals surface area contributed by atoms with E-state index >= 15 is 0 Å². The lowest BCUT2D eigenvalue weighted by atomic mass is 9.94. The van der Waals surface area contributed by atoms with Gasteiger partial charge in [-0.25, -0.2) is 0 Å². The smallest absolute Gasteiger partial charge is 0.0851 e. The van der Waals surface area contributed by atoms with E-state index in [0.717, 1.165) is 26.0 Å². The van der Waals surface area contributed by atoms with Crippen LogP contribution in [0.5, 0.6) is 0 Å². The van der Waals surface area contributed by atoms with Gasteiger partial charge in [0.25, 0.3) is 0 Å². The topological polar surface area (TPSA) is 14.2 Å². The first-order chi connectivity index (χ1) is 11.7. The Bertz CT molecular complexity index is 832. The first-order valence-corrected chi connectivity index (χ1v) is 8.99. The van der Waals surface area contributed by atoms with Crippen LogP contribution in [-0.4, -0.2) is 11.2 Å². The van der Waals surface area contributed by atoms with Crippen molar-refractivity contribution in [3.63, 3.8) is 0 Å². The maximum absolute atomic E-state index is 6.17.